The molecule has 0 aliphatic rings. The summed E-state index contributed by atoms with van der Waals surface area (Å²) < 4.78 is 17.8. The van der Waals surface area contributed by atoms with Crippen molar-refractivity contribution >= 4 is 28.9 Å². The maximum absolute atomic E-state index is 13.0. The van der Waals surface area contributed by atoms with E-state index in [1.165, 1.54) is 6.07 Å². The molecule has 0 saturated carbocycles. The standard InChI is InChI=1S/C11H14ClFN2O2/c1-2-17-11(16)3-4-15-10-5-7(12)8(13)6-9(10)14/h5-6,15H,2-4,14H2,1H3. The molecule has 0 heterocycles. The molecule has 0 aliphatic heterocycles. The highest BCUT2D eigenvalue weighted by molar-refractivity contribution is 6.31. The number of ether oxygens (including phenoxy) is 1. The van der Waals surface area contributed by atoms with E-state index in [9.17, 15) is 9.18 Å². The summed E-state index contributed by atoms with van der Waals surface area (Å²) in [6.45, 7) is 2.44. The summed E-state index contributed by atoms with van der Waals surface area (Å²) in [5.41, 5.74) is 6.34. The minimum atomic E-state index is -0.569. The lowest BCUT2D eigenvalue weighted by Gasteiger charge is -2.09. The van der Waals surface area contributed by atoms with E-state index in [2.05, 4.69) is 5.32 Å². The Morgan fingerprint density at radius 3 is 2.94 bits per heavy atom. The van der Waals surface area contributed by atoms with E-state index in [4.69, 9.17) is 22.1 Å². The average Bonchev–Trinajstić information content (AvgIpc) is 2.26. The zero-order chi connectivity index (χ0) is 12.8. The molecule has 1 aromatic rings. The second kappa shape index (κ2) is 6.30. The Kier molecular flexibility index (Phi) is 5.03. The summed E-state index contributed by atoms with van der Waals surface area (Å²) in [5, 5.41) is 2.88. The lowest BCUT2D eigenvalue weighted by atomic mass is 10.2. The Morgan fingerprint density at radius 1 is 1.59 bits per heavy atom. The minimum absolute atomic E-state index is 0.0159. The van der Waals surface area contributed by atoms with Crippen LogP contribution in [-0.4, -0.2) is 19.1 Å². The first-order chi connectivity index (χ1) is 8.04. The largest absolute Gasteiger partial charge is 0.466 e. The van der Waals surface area contributed by atoms with Gasteiger partial charge in [0.05, 0.1) is 29.4 Å². The molecule has 94 valence electrons. The van der Waals surface area contributed by atoms with Crippen LogP contribution in [0.15, 0.2) is 12.1 Å². The number of nitrogens with one attached hydrogen (secondary N) is 1. The number of hydrogen-bond acceptors (Lipinski definition) is 4. The zero-order valence-electron chi connectivity index (χ0n) is 9.43. The normalized spacial score (nSPS) is 10.1. The van der Waals surface area contributed by atoms with Crippen molar-refractivity contribution in [2.75, 3.05) is 24.2 Å². The maximum atomic E-state index is 13.0. The highest BCUT2D eigenvalue weighted by Gasteiger charge is 2.07. The molecule has 3 N–H and O–H groups in total. The Labute approximate surface area is 104 Å². The number of carbonyl (C=O) groups is 1. The predicted octanol–water partition coefficient (Wildman–Crippen LogP) is 2.43. The number of benzene rings is 1. The third-order valence-corrected chi connectivity index (χ3v) is 2.33. The first-order valence-corrected chi connectivity index (χ1v) is 5.56. The number of esters is 1. The minimum Gasteiger partial charge on any atom is -0.466 e. The number of hydrogen-bond donors (Lipinski definition) is 2. The monoisotopic (exact) mass is 260 g/mol. The molecule has 0 bridgehead atoms. The van der Waals surface area contributed by atoms with Crippen LogP contribution in [0.3, 0.4) is 0 Å². The van der Waals surface area contributed by atoms with Gasteiger partial charge in [-0.1, -0.05) is 11.6 Å². The van der Waals surface area contributed by atoms with Crippen LogP contribution < -0.4 is 11.1 Å². The van der Waals surface area contributed by atoms with Crippen LogP contribution >= 0.6 is 11.6 Å². The van der Waals surface area contributed by atoms with Gasteiger partial charge in [0.15, 0.2) is 0 Å². The Morgan fingerprint density at radius 2 is 2.29 bits per heavy atom. The molecular formula is C11H14ClFN2O2. The number of rotatable bonds is 5. The number of nitrogens with two attached hydrogens (primary N) is 1. The summed E-state index contributed by atoms with van der Waals surface area (Å²) >= 11 is 5.61. The van der Waals surface area contributed by atoms with Gasteiger partial charge >= 0.3 is 5.97 Å². The van der Waals surface area contributed by atoms with Crippen LogP contribution in [0.2, 0.25) is 5.02 Å². The molecule has 1 aromatic carbocycles. The van der Waals surface area contributed by atoms with Gasteiger partial charge in [-0.3, -0.25) is 4.79 Å². The zero-order valence-corrected chi connectivity index (χ0v) is 10.2. The molecule has 0 spiro atoms. The van der Waals surface area contributed by atoms with Crippen molar-refractivity contribution in [3.05, 3.63) is 23.0 Å². The Balaban J connectivity index is 2.52. The predicted molar refractivity (Wildman–Crippen MR) is 65.6 cm³/mol. The molecule has 0 aromatic heterocycles. The molecular weight excluding hydrogens is 247 g/mol. The van der Waals surface area contributed by atoms with Gasteiger partial charge in [0.2, 0.25) is 0 Å². The SMILES string of the molecule is CCOC(=O)CCNc1cc(Cl)c(F)cc1N. The maximum Gasteiger partial charge on any atom is 0.307 e. The average molecular weight is 261 g/mol. The van der Waals surface area contributed by atoms with Crippen LogP contribution in [0, 0.1) is 5.82 Å². The quantitative estimate of drug-likeness (QED) is 0.630. The van der Waals surface area contributed by atoms with Gasteiger partial charge in [-0.2, -0.15) is 0 Å². The first kappa shape index (κ1) is 13.6. The van der Waals surface area contributed by atoms with Crippen molar-refractivity contribution in [2.45, 2.75) is 13.3 Å². The fraction of sp³-hybridized carbons (Fsp3) is 0.364. The van der Waals surface area contributed by atoms with E-state index in [-0.39, 0.29) is 23.1 Å². The van der Waals surface area contributed by atoms with Gasteiger partial charge < -0.3 is 15.8 Å². The molecule has 0 radical (unpaired) electrons. The fourth-order valence-electron chi connectivity index (χ4n) is 1.25. The van der Waals surface area contributed by atoms with Crippen LogP contribution in [0.4, 0.5) is 15.8 Å². The summed E-state index contributed by atoms with van der Waals surface area (Å²) in [7, 11) is 0. The molecule has 0 atom stereocenters. The smallest absolute Gasteiger partial charge is 0.307 e. The van der Waals surface area contributed by atoms with Crippen LogP contribution in [-0.2, 0) is 9.53 Å². The van der Waals surface area contributed by atoms with E-state index in [1.54, 1.807) is 6.92 Å². The van der Waals surface area contributed by atoms with E-state index >= 15 is 0 Å². The lowest BCUT2D eigenvalue weighted by molar-refractivity contribution is -0.142. The van der Waals surface area contributed by atoms with Crippen LogP contribution in [0.25, 0.3) is 0 Å². The Bertz CT molecular complexity index is 413. The van der Waals surface area contributed by atoms with Crippen molar-refractivity contribution in [3.63, 3.8) is 0 Å². The highest BCUT2D eigenvalue weighted by atomic mass is 35.5. The number of nitrogen functional groups attached to an aromatic ring is 1. The van der Waals surface area contributed by atoms with Crippen molar-refractivity contribution in [2.24, 2.45) is 0 Å². The summed E-state index contributed by atoms with van der Waals surface area (Å²) in [5.74, 6) is -0.869. The molecule has 6 heteroatoms. The molecule has 0 saturated heterocycles. The highest BCUT2D eigenvalue weighted by Crippen LogP contribution is 2.26. The Hall–Kier alpha value is -1.49. The van der Waals surface area contributed by atoms with Crippen molar-refractivity contribution in [1.29, 1.82) is 0 Å². The second-order valence-electron chi connectivity index (χ2n) is 3.34. The molecule has 0 aliphatic carbocycles. The molecule has 4 nitrogen and oxygen atoms in total. The van der Waals surface area contributed by atoms with E-state index in [0.717, 1.165) is 6.07 Å². The summed E-state index contributed by atoms with van der Waals surface area (Å²) in [6.07, 6.45) is 0.211. The number of anilines is 2. The van der Waals surface area contributed by atoms with Crippen molar-refractivity contribution < 1.29 is 13.9 Å². The molecule has 1 rings (SSSR count). The van der Waals surface area contributed by atoms with Crippen LogP contribution in [0.1, 0.15) is 13.3 Å². The van der Waals surface area contributed by atoms with Gasteiger partial charge in [0.1, 0.15) is 5.82 Å². The molecule has 17 heavy (non-hydrogen) atoms. The third kappa shape index (κ3) is 4.11. The third-order valence-electron chi connectivity index (χ3n) is 2.04. The van der Waals surface area contributed by atoms with Gasteiger partial charge in [-0.25, -0.2) is 4.39 Å². The number of halogens is 2. The van der Waals surface area contributed by atoms with E-state index in [1.807, 2.05) is 0 Å². The second-order valence-corrected chi connectivity index (χ2v) is 3.74. The van der Waals surface area contributed by atoms with Crippen molar-refractivity contribution in [3.8, 4) is 0 Å². The van der Waals surface area contributed by atoms with Gasteiger partial charge in [0.25, 0.3) is 0 Å². The molecule has 0 amide bonds. The van der Waals surface area contributed by atoms with E-state index in [0.29, 0.717) is 18.8 Å². The molecule has 0 fully saturated rings. The van der Waals surface area contributed by atoms with Crippen LogP contribution in [0.5, 0.6) is 0 Å². The van der Waals surface area contributed by atoms with Gasteiger partial charge in [0, 0.05) is 12.6 Å². The fourth-order valence-corrected chi connectivity index (χ4v) is 1.41. The topological polar surface area (TPSA) is 64.3 Å². The van der Waals surface area contributed by atoms with Gasteiger partial charge in [-0.15, -0.1) is 0 Å². The van der Waals surface area contributed by atoms with E-state index < -0.39 is 5.82 Å². The first-order valence-electron chi connectivity index (χ1n) is 5.18. The lowest BCUT2D eigenvalue weighted by Crippen LogP contribution is -2.12. The summed E-state index contributed by atoms with van der Waals surface area (Å²) in [6, 6.07) is 2.52. The summed E-state index contributed by atoms with van der Waals surface area (Å²) in [4.78, 5) is 11.1. The number of carbonyl (C=O) groups excluding carboxylic acids is 1. The van der Waals surface area contributed by atoms with Gasteiger partial charge in [-0.05, 0) is 13.0 Å². The molecule has 0 unspecified atom stereocenters. The van der Waals surface area contributed by atoms with Crippen molar-refractivity contribution in [1.82, 2.24) is 0 Å².